The number of amides is 1. The molecule has 0 aliphatic carbocycles. The predicted octanol–water partition coefficient (Wildman–Crippen LogP) is 1.67. The van der Waals surface area contributed by atoms with Crippen LogP contribution in [0.15, 0.2) is 30.3 Å². The number of phenols is 1. The first kappa shape index (κ1) is 12.1. The molecule has 0 atom stereocenters. The van der Waals surface area contributed by atoms with Crippen LogP contribution in [0.2, 0.25) is 5.15 Å². The molecular formula is C11H9ClN4O2. The Morgan fingerprint density at radius 1 is 1.28 bits per heavy atom. The first-order valence-corrected chi connectivity index (χ1v) is 5.33. The number of nitrogens with two attached hydrogens (primary N) is 1. The van der Waals surface area contributed by atoms with Gasteiger partial charge in [0.1, 0.15) is 5.75 Å². The Morgan fingerprint density at radius 3 is 2.67 bits per heavy atom. The van der Waals surface area contributed by atoms with Crippen molar-refractivity contribution in [1.29, 1.82) is 0 Å². The van der Waals surface area contributed by atoms with E-state index in [1.807, 2.05) is 0 Å². The first-order valence-electron chi connectivity index (χ1n) is 4.95. The summed E-state index contributed by atoms with van der Waals surface area (Å²) < 4.78 is 0. The number of aromatic hydroxyl groups is 1. The van der Waals surface area contributed by atoms with E-state index in [1.54, 1.807) is 0 Å². The number of benzene rings is 1. The number of hydrogen-bond acceptors (Lipinski definition) is 5. The molecule has 1 aromatic carbocycles. The minimum absolute atomic E-state index is 0.148. The minimum atomic E-state index is -0.429. The van der Waals surface area contributed by atoms with Gasteiger partial charge in [-0.1, -0.05) is 11.6 Å². The standard InChI is InChI=1S/C11H9ClN4O2/c12-9-3-4-10(16-15-9)14-11(18)6-1-2-7(13)8(17)5-6/h1-5,17H,13H2,(H,14,16,18). The van der Waals surface area contributed by atoms with E-state index in [2.05, 4.69) is 15.5 Å². The fourth-order valence-corrected chi connectivity index (χ4v) is 1.36. The van der Waals surface area contributed by atoms with Crippen molar-refractivity contribution in [3.05, 3.63) is 41.0 Å². The zero-order valence-corrected chi connectivity index (χ0v) is 9.85. The van der Waals surface area contributed by atoms with Crippen LogP contribution >= 0.6 is 11.6 Å². The fourth-order valence-electron chi connectivity index (χ4n) is 1.26. The summed E-state index contributed by atoms with van der Waals surface area (Å²) in [6.07, 6.45) is 0. The number of phenolic OH excluding ortho intramolecular Hbond substituents is 1. The highest BCUT2D eigenvalue weighted by Gasteiger charge is 2.09. The molecule has 1 amide bonds. The number of nitrogen functional groups attached to an aromatic ring is 1. The second-order valence-corrected chi connectivity index (χ2v) is 3.86. The summed E-state index contributed by atoms with van der Waals surface area (Å²) in [6.45, 7) is 0. The van der Waals surface area contributed by atoms with E-state index in [9.17, 15) is 9.90 Å². The smallest absolute Gasteiger partial charge is 0.257 e. The van der Waals surface area contributed by atoms with E-state index < -0.39 is 5.91 Å². The van der Waals surface area contributed by atoms with Gasteiger partial charge in [-0.3, -0.25) is 4.79 Å². The molecule has 2 rings (SSSR count). The number of nitrogens with one attached hydrogen (secondary N) is 1. The van der Waals surface area contributed by atoms with Crippen molar-refractivity contribution in [2.75, 3.05) is 11.1 Å². The highest BCUT2D eigenvalue weighted by molar-refractivity contribution is 6.29. The molecule has 0 unspecified atom stereocenters. The molecule has 0 aliphatic rings. The zero-order chi connectivity index (χ0) is 13.1. The summed E-state index contributed by atoms with van der Waals surface area (Å²) in [7, 11) is 0. The third-order valence-electron chi connectivity index (χ3n) is 2.17. The molecule has 18 heavy (non-hydrogen) atoms. The highest BCUT2D eigenvalue weighted by atomic mass is 35.5. The van der Waals surface area contributed by atoms with Gasteiger partial charge < -0.3 is 16.2 Å². The van der Waals surface area contributed by atoms with Crippen LogP contribution in [0, 0.1) is 0 Å². The van der Waals surface area contributed by atoms with Crippen LogP contribution in [0.3, 0.4) is 0 Å². The third kappa shape index (κ3) is 2.67. The topological polar surface area (TPSA) is 101 Å². The number of anilines is 2. The lowest BCUT2D eigenvalue weighted by molar-refractivity contribution is 0.102. The Bertz CT molecular complexity index is 586. The predicted molar refractivity (Wildman–Crippen MR) is 67.5 cm³/mol. The lowest BCUT2D eigenvalue weighted by Gasteiger charge is -2.05. The number of aromatic nitrogens is 2. The van der Waals surface area contributed by atoms with E-state index in [4.69, 9.17) is 17.3 Å². The Morgan fingerprint density at radius 2 is 2.06 bits per heavy atom. The second kappa shape index (κ2) is 4.89. The second-order valence-electron chi connectivity index (χ2n) is 3.47. The van der Waals surface area contributed by atoms with Crippen LogP contribution in [-0.4, -0.2) is 21.2 Å². The minimum Gasteiger partial charge on any atom is -0.506 e. The summed E-state index contributed by atoms with van der Waals surface area (Å²) in [4.78, 5) is 11.8. The van der Waals surface area contributed by atoms with Crippen molar-refractivity contribution in [3.8, 4) is 5.75 Å². The molecular weight excluding hydrogens is 256 g/mol. The van der Waals surface area contributed by atoms with Crippen LogP contribution in [0.5, 0.6) is 5.75 Å². The zero-order valence-electron chi connectivity index (χ0n) is 9.09. The monoisotopic (exact) mass is 264 g/mol. The average molecular weight is 265 g/mol. The Balaban J connectivity index is 2.16. The molecule has 1 aromatic heterocycles. The molecule has 1 heterocycles. The van der Waals surface area contributed by atoms with Crippen molar-refractivity contribution in [1.82, 2.24) is 10.2 Å². The molecule has 0 spiro atoms. The maximum absolute atomic E-state index is 11.8. The number of nitrogens with zero attached hydrogens (tertiary/aromatic N) is 2. The van der Waals surface area contributed by atoms with E-state index in [1.165, 1.54) is 30.3 Å². The van der Waals surface area contributed by atoms with Crippen LogP contribution in [-0.2, 0) is 0 Å². The number of carbonyl (C=O) groups excluding carboxylic acids is 1. The number of rotatable bonds is 2. The highest BCUT2D eigenvalue weighted by Crippen LogP contribution is 2.21. The molecule has 7 heteroatoms. The number of halogens is 1. The molecule has 6 nitrogen and oxygen atoms in total. The van der Waals surface area contributed by atoms with Crippen LogP contribution < -0.4 is 11.1 Å². The average Bonchev–Trinajstić information content (AvgIpc) is 2.35. The van der Waals surface area contributed by atoms with E-state index >= 15 is 0 Å². The summed E-state index contributed by atoms with van der Waals surface area (Å²) in [5, 5.41) is 19.4. The molecule has 92 valence electrons. The van der Waals surface area contributed by atoms with Gasteiger partial charge in [0.05, 0.1) is 5.69 Å². The van der Waals surface area contributed by atoms with Crippen LogP contribution in [0.4, 0.5) is 11.5 Å². The molecule has 0 aliphatic heterocycles. The maximum Gasteiger partial charge on any atom is 0.257 e. The van der Waals surface area contributed by atoms with Gasteiger partial charge in [0.25, 0.3) is 5.91 Å². The summed E-state index contributed by atoms with van der Waals surface area (Å²) in [5.41, 5.74) is 5.91. The largest absolute Gasteiger partial charge is 0.506 e. The van der Waals surface area contributed by atoms with Gasteiger partial charge in [-0.15, -0.1) is 10.2 Å². The van der Waals surface area contributed by atoms with Gasteiger partial charge >= 0.3 is 0 Å². The molecule has 4 N–H and O–H groups in total. The SMILES string of the molecule is Nc1ccc(C(=O)Nc2ccc(Cl)nn2)cc1O. The van der Waals surface area contributed by atoms with Crippen molar-refractivity contribution in [3.63, 3.8) is 0 Å². The summed E-state index contributed by atoms with van der Waals surface area (Å²) >= 11 is 5.57. The van der Waals surface area contributed by atoms with Gasteiger partial charge in [0.2, 0.25) is 0 Å². The number of hydrogen-bond donors (Lipinski definition) is 3. The van der Waals surface area contributed by atoms with Crippen LogP contribution in [0.1, 0.15) is 10.4 Å². The molecule has 2 aromatic rings. The Hall–Kier alpha value is -2.34. The molecule has 0 saturated heterocycles. The lowest BCUT2D eigenvalue weighted by Crippen LogP contribution is -2.13. The maximum atomic E-state index is 11.8. The lowest BCUT2D eigenvalue weighted by atomic mass is 10.2. The Labute approximate surface area is 107 Å². The van der Waals surface area contributed by atoms with Crippen molar-refractivity contribution in [2.24, 2.45) is 0 Å². The molecule has 0 fully saturated rings. The van der Waals surface area contributed by atoms with E-state index in [0.717, 1.165) is 0 Å². The van der Waals surface area contributed by atoms with Crippen LogP contribution in [0.25, 0.3) is 0 Å². The van der Waals surface area contributed by atoms with Crippen molar-refractivity contribution in [2.45, 2.75) is 0 Å². The van der Waals surface area contributed by atoms with Gasteiger partial charge in [-0.05, 0) is 30.3 Å². The first-order chi connectivity index (χ1) is 8.56. The summed E-state index contributed by atoms with van der Waals surface area (Å²) in [6, 6.07) is 7.23. The van der Waals surface area contributed by atoms with Gasteiger partial charge in [0, 0.05) is 5.56 Å². The Kier molecular flexibility index (Phi) is 3.29. The van der Waals surface area contributed by atoms with Crippen molar-refractivity contribution < 1.29 is 9.90 Å². The van der Waals surface area contributed by atoms with E-state index in [-0.39, 0.29) is 28.0 Å². The molecule has 0 saturated carbocycles. The van der Waals surface area contributed by atoms with Gasteiger partial charge in [-0.2, -0.15) is 0 Å². The summed E-state index contributed by atoms with van der Waals surface area (Å²) in [5.74, 6) is -0.313. The normalized spacial score (nSPS) is 10.1. The van der Waals surface area contributed by atoms with Crippen molar-refractivity contribution >= 4 is 29.0 Å². The fraction of sp³-hybridized carbons (Fsp3) is 0. The number of carbonyl (C=O) groups is 1. The third-order valence-corrected chi connectivity index (χ3v) is 2.37. The van der Waals surface area contributed by atoms with E-state index in [0.29, 0.717) is 0 Å². The van der Waals surface area contributed by atoms with Gasteiger partial charge in [-0.25, -0.2) is 0 Å². The van der Waals surface area contributed by atoms with Gasteiger partial charge in [0.15, 0.2) is 11.0 Å². The quantitative estimate of drug-likeness (QED) is 0.566. The molecule has 0 bridgehead atoms. The molecule has 0 radical (unpaired) electrons.